The van der Waals surface area contributed by atoms with Crippen molar-refractivity contribution in [2.24, 2.45) is 11.8 Å². The van der Waals surface area contributed by atoms with E-state index in [9.17, 15) is 8.78 Å². The lowest BCUT2D eigenvalue weighted by molar-refractivity contribution is 0.165. The van der Waals surface area contributed by atoms with E-state index in [1.165, 1.54) is 61.9 Å². The van der Waals surface area contributed by atoms with E-state index in [4.69, 9.17) is 0 Å². The minimum atomic E-state index is -0.156. The van der Waals surface area contributed by atoms with Crippen LogP contribution in [0.3, 0.4) is 0 Å². The molecule has 0 radical (unpaired) electrons. The second kappa shape index (κ2) is 9.17. The monoisotopic (exact) mass is 383 g/mol. The Morgan fingerprint density at radius 1 is 0.750 bits per heavy atom. The Morgan fingerprint density at radius 3 is 2.14 bits per heavy atom. The highest BCUT2D eigenvalue weighted by Gasteiger charge is 2.24. The van der Waals surface area contributed by atoms with Crippen molar-refractivity contribution in [2.45, 2.75) is 51.4 Å². The van der Waals surface area contributed by atoms with Crippen LogP contribution in [0, 0.1) is 23.5 Å². The summed E-state index contributed by atoms with van der Waals surface area (Å²) < 4.78 is 26.5. The highest BCUT2D eigenvalue weighted by molar-refractivity contribution is 5.29. The fourth-order valence-corrected chi connectivity index (χ4v) is 5.03. The van der Waals surface area contributed by atoms with Crippen LogP contribution in [0.5, 0.6) is 0 Å². The van der Waals surface area contributed by atoms with Crippen LogP contribution < -0.4 is 0 Å². The van der Waals surface area contributed by atoms with Gasteiger partial charge in [0.15, 0.2) is 0 Å². The second-order valence-electron chi connectivity index (χ2n) is 8.75. The average molecular weight is 384 g/mol. The number of hydrogen-bond acceptors (Lipinski definition) is 1. The fourth-order valence-electron chi connectivity index (χ4n) is 5.03. The third-order valence-electron chi connectivity index (χ3n) is 6.82. The molecule has 150 valence electrons. The summed E-state index contributed by atoms with van der Waals surface area (Å²) in [6, 6.07) is 12.3. The van der Waals surface area contributed by atoms with Crippen molar-refractivity contribution in [1.29, 1.82) is 0 Å². The molecule has 0 aromatic heterocycles. The van der Waals surface area contributed by atoms with Crippen molar-refractivity contribution in [1.82, 2.24) is 4.90 Å². The highest BCUT2D eigenvalue weighted by Crippen LogP contribution is 2.32. The van der Waals surface area contributed by atoms with Gasteiger partial charge in [-0.1, -0.05) is 18.2 Å². The summed E-state index contributed by atoms with van der Waals surface area (Å²) in [5.41, 5.74) is 3.82. The molecule has 1 fully saturated rings. The standard InChI is InChI=1S/C25H31F2N/c26-24-8-3-19(4-9-24)11-14-28-15-12-21(13-16-28)17-20-1-5-22-7-10-25(27)18-23(22)6-2-20/h3-4,7-10,18,20-21H,1-2,5-6,11-17H2. The Hall–Kier alpha value is -1.74. The van der Waals surface area contributed by atoms with Gasteiger partial charge in [-0.15, -0.1) is 0 Å². The zero-order valence-electron chi connectivity index (χ0n) is 16.7. The van der Waals surface area contributed by atoms with E-state index in [0.717, 1.165) is 37.6 Å². The first-order valence-electron chi connectivity index (χ1n) is 10.9. The highest BCUT2D eigenvalue weighted by atomic mass is 19.1. The third-order valence-corrected chi connectivity index (χ3v) is 6.82. The average Bonchev–Trinajstić information content (AvgIpc) is 2.91. The summed E-state index contributed by atoms with van der Waals surface area (Å²) in [5, 5.41) is 0. The number of likely N-dealkylation sites (tertiary alicyclic amines) is 1. The van der Waals surface area contributed by atoms with Crippen LogP contribution >= 0.6 is 0 Å². The topological polar surface area (TPSA) is 3.24 Å². The predicted molar refractivity (Wildman–Crippen MR) is 110 cm³/mol. The summed E-state index contributed by atoms with van der Waals surface area (Å²) >= 11 is 0. The van der Waals surface area contributed by atoms with Gasteiger partial charge in [-0.25, -0.2) is 8.78 Å². The summed E-state index contributed by atoms with van der Waals surface area (Å²) in [6.07, 6.45) is 9.53. The molecule has 1 saturated heterocycles. The van der Waals surface area contributed by atoms with E-state index in [0.29, 0.717) is 0 Å². The number of hydrogen-bond donors (Lipinski definition) is 0. The number of benzene rings is 2. The molecule has 0 amide bonds. The molecule has 1 unspecified atom stereocenters. The molecule has 2 aromatic carbocycles. The molecule has 2 aliphatic rings. The molecule has 28 heavy (non-hydrogen) atoms. The van der Waals surface area contributed by atoms with Gasteiger partial charge in [0.25, 0.3) is 0 Å². The second-order valence-corrected chi connectivity index (χ2v) is 8.75. The Morgan fingerprint density at radius 2 is 1.39 bits per heavy atom. The Kier molecular flexibility index (Phi) is 6.41. The van der Waals surface area contributed by atoms with E-state index in [2.05, 4.69) is 4.90 Å². The van der Waals surface area contributed by atoms with Crippen molar-refractivity contribution in [2.75, 3.05) is 19.6 Å². The molecule has 1 atom stereocenters. The van der Waals surface area contributed by atoms with Crippen LogP contribution in [0.4, 0.5) is 8.78 Å². The molecule has 0 N–H and O–H groups in total. The van der Waals surface area contributed by atoms with Crippen LogP contribution in [0.25, 0.3) is 0 Å². The Bertz CT molecular complexity index is 763. The van der Waals surface area contributed by atoms with E-state index >= 15 is 0 Å². The molecular weight excluding hydrogens is 352 g/mol. The van der Waals surface area contributed by atoms with Crippen LogP contribution in [0.1, 0.15) is 48.8 Å². The number of halogens is 2. The zero-order chi connectivity index (χ0) is 19.3. The summed E-state index contributed by atoms with van der Waals surface area (Å²) in [5.74, 6) is 1.37. The third kappa shape index (κ3) is 5.20. The van der Waals surface area contributed by atoms with Gasteiger partial charge in [-0.3, -0.25) is 0 Å². The molecule has 0 saturated carbocycles. The fraction of sp³-hybridized carbons (Fsp3) is 0.520. The summed E-state index contributed by atoms with van der Waals surface area (Å²) in [4.78, 5) is 2.56. The lowest BCUT2D eigenvalue weighted by Gasteiger charge is -2.33. The molecule has 1 aliphatic carbocycles. The van der Waals surface area contributed by atoms with E-state index in [-0.39, 0.29) is 11.6 Å². The van der Waals surface area contributed by atoms with Crippen LogP contribution in [0.2, 0.25) is 0 Å². The number of fused-ring (bicyclic) bond motifs is 1. The van der Waals surface area contributed by atoms with Crippen molar-refractivity contribution in [3.05, 3.63) is 70.8 Å². The first-order valence-corrected chi connectivity index (χ1v) is 10.9. The number of nitrogens with zero attached hydrogens (tertiary/aromatic N) is 1. The van der Waals surface area contributed by atoms with Gasteiger partial charge < -0.3 is 4.90 Å². The van der Waals surface area contributed by atoms with Gasteiger partial charge in [0.05, 0.1) is 0 Å². The van der Waals surface area contributed by atoms with Crippen molar-refractivity contribution >= 4 is 0 Å². The maximum absolute atomic E-state index is 13.5. The molecule has 4 rings (SSSR count). The van der Waals surface area contributed by atoms with Gasteiger partial charge in [0.1, 0.15) is 11.6 Å². The van der Waals surface area contributed by atoms with E-state index in [1.54, 1.807) is 24.3 Å². The maximum Gasteiger partial charge on any atom is 0.123 e. The predicted octanol–water partition coefficient (Wildman–Crippen LogP) is 5.80. The molecular formula is C25H31F2N. The normalized spacial score (nSPS) is 21.3. The maximum atomic E-state index is 13.5. The largest absolute Gasteiger partial charge is 0.303 e. The quantitative estimate of drug-likeness (QED) is 0.590. The molecule has 0 spiro atoms. The molecule has 3 heteroatoms. The van der Waals surface area contributed by atoms with Crippen LogP contribution in [0.15, 0.2) is 42.5 Å². The Balaban J connectivity index is 1.20. The van der Waals surface area contributed by atoms with E-state index in [1.807, 2.05) is 18.2 Å². The summed E-state index contributed by atoms with van der Waals surface area (Å²) in [6.45, 7) is 3.44. The van der Waals surface area contributed by atoms with Gasteiger partial charge in [-0.05, 0) is 117 Å². The van der Waals surface area contributed by atoms with Crippen molar-refractivity contribution in [3.8, 4) is 0 Å². The lowest BCUT2D eigenvalue weighted by Crippen LogP contribution is -2.35. The molecule has 2 aromatic rings. The van der Waals surface area contributed by atoms with Gasteiger partial charge in [-0.2, -0.15) is 0 Å². The lowest BCUT2D eigenvalue weighted by atomic mass is 9.83. The minimum absolute atomic E-state index is 0.0924. The number of rotatable bonds is 5. The first kappa shape index (κ1) is 19.6. The van der Waals surface area contributed by atoms with Crippen molar-refractivity contribution in [3.63, 3.8) is 0 Å². The van der Waals surface area contributed by atoms with Gasteiger partial charge in [0.2, 0.25) is 0 Å². The molecule has 1 heterocycles. The Labute approximate surface area is 167 Å². The zero-order valence-corrected chi connectivity index (χ0v) is 16.7. The van der Waals surface area contributed by atoms with Crippen molar-refractivity contribution < 1.29 is 8.78 Å². The van der Waals surface area contributed by atoms with E-state index < -0.39 is 0 Å². The van der Waals surface area contributed by atoms with Crippen LogP contribution in [-0.2, 0) is 19.3 Å². The smallest absolute Gasteiger partial charge is 0.123 e. The number of piperidine rings is 1. The molecule has 1 nitrogen and oxygen atoms in total. The summed E-state index contributed by atoms with van der Waals surface area (Å²) in [7, 11) is 0. The first-order chi connectivity index (χ1) is 13.7. The van der Waals surface area contributed by atoms with Gasteiger partial charge >= 0.3 is 0 Å². The minimum Gasteiger partial charge on any atom is -0.303 e. The number of aryl methyl sites for hydroxylation is 2. The molecule has 0 bridgehead atoms. The molecule has 1 aliphatic heterocycles. The van der Waals surface area contributed by atoms with Crippen LogP contribution in [-0.4, -0.2) is 24.5 Å². The van der Waals surface area contributed by atoms with Gasteiger partial charge in [0, 0.05) is 6.54 Å². The SMILES string of the molecule is Fc1ccc(CCN2CCC(CC3CCc4ccc(F)cc4CC3)CC2)cc1.